The predicted molar refractivity (Wildman–Crippen MR) is 81.7 cm³/mol. The summed E-state index contributed by atoms with van der Waals surface area (Å²) in [4.78, 5) is 22.9. The van der Waals surface area contributed by atoms with Gasteiger partial charge in [0.25, 0.3) is 0 Å². The molecule has 0 saturated carbocycles. The van der Waals surface area contributed by atoms with E-state index in [4.69, 9.17) is 5.11 Å². The van der Waals surface area contributed by atoms with E-state index in [-0.39, 0.29) is 0 Å². The van der Waals surface area contributed by atoms with Crippen molar-refractivity contribution in [3.63, 3.8) is 0 Å². The molecule has 0 saturated heterocycles. The highest BCUT2D eigenvalue weighted by Gasteiger charge is 2.48. The Bertz CT molecular complexity index is 588. The third-order valence-corrected chi connectivity index (χ3v) is 3.83. The SMILES string of the molecule is CC(C)(CC(=O)NC(CC(=O)O)c1cccc(Br)c1)C(F)(F)F. The smallest absolute Gasteiger partial charge is 0.394 e. The van der Waals surface area contributed by atoms with Crippen LogP contribution in [0.15, 0.2) is 28.7 Å². The number of carbonyl (C=O) groups is 2. The van der Waals surface area contributed by atoms with E-state index in [9.17, 15) is 22.8 Å². The van der Waals surface area contributed by atoms with Gasteiger partial charge >= 0.3 is 12.1 Å². The van der Waals surface area contributed by atoms with Crippen LogP contribution in [0.4, 0.5) is 13.2 Å². The Balaban J connectivity index is 2.90. The summed E-state index contributed by atoms with van der Waals surface area (Å²) in [5.41, 5.74) is -1.69. The lowest BCUT2D eigenvalue weighted by molar-refractivity contribution is -0.213. The molecule has 23 heavy (non-hydrogen) atoms. The average molecular weight is 396 g/mol. The van der Waals surface area contributed by atoms with Crippen LogP contribution in [0.2, 0.25) is 0 Å². The molecule has 1 aromatic carbocycles. The Kier molecular flexibility index (Phi) is 6.21. The van der Waals surface area contributed by atoms with Crippen molar-refractivity contribution in [2.24, 2.45) is 5.41 Å². The number of benzene rings is 1. The van der Waals surface area contributed by atoms with Gasteiger partial charge in [0.2, 0.25) is 5.91 Å². The van der Waals surface area contributed by atoms with Crippen LogP contribution in [0.1, 0.15) is 38.3 Å². The quantitative estimate of drug-likeness (QED) is 0.762. The monoisotopic (exact) mass is 395 g/mol. The molecule has 1 rings (SSSR count). The normalized spacial score (nSPS) is 13.5. The van der Waals surface area contributed by atoms with Gasteiger partial charge in [-0.25, -0.2) is 0 Å². The first kappa shape index (κ1) is 19.5. The maximum Gasteiger partial charge on any atom is 0.394 e. The van der Waals surface area contributed by atoms with E-state index in [0.717, 1.165) is 13.8 Å². The molecular formula is C15H17BrF3NO3. The van der Waals surface area contributed by atoms with Crippen molar-refractivity contribution < 1.29 is 27.9 Å². The summed E-state index contributed by atoms with van der Waals surface area (Å²) in [5, 5.41) is 11.3. The number of carboxylic acids is 1. The van der Waals surface area contributed by atoms with Gasteiger partial charge in [-0.3, -0.25) is 9.59 Å². The number of carboxylic acid groups (broad SMARTS) is 1. The highest BCUT2D eigenvalue weighted by Crippen LogP contribution is 2.40. The van der Waals surface area contributed by atoms with Crippen molar-refractivity contribution in [1.82, 2.24) is 5.32 Å². The molecule has 1 unspecified atom stereocenters. The summed E-state index contributed by atoms with van der Waals surface area (Å²) in [6.07, 6.45) is -5.72. The lowest BCUT2D eigenvalue weighted by Gasteiger charge is -2.28. The fourth-order valence-electron chi connectivity index (χ4n) is 1.90. The number of hydrogen-bond acceptors (Lipinski definition) is 2. The molecule has 4 nitrogen and oxygen atoms in total. The molecule has 1 aromatic rings. The van der Waals surface area contributed by atoms with Crippen molar-refractivity contribution in [1.29, 1.82) is 0 Å². The topological polar surface area (TPSA) is 66.4 Å². The number of nitrogens with one attached hydrogen (secondary N) is 1. The number of carbonyl (C=O) groups excluding carboxylic acids is 1. The van der Waals surface area contributed by atoms with E-state index in [2.05, 4.69) is 21.2 Å². The van der Waals surface area contributed by atoms with Gasteiger partial charge in [-0.1, -0.05) is 41.9 Å². The third kappa shape index (κ3) is 5.85. The van der Waals surface area contributed by atoms with Gasteiger partial charge in [-0.15, -0.1) is 0 Å². The molecule has 0 aliphatic heterocycles. The van der Waals surface area contributed by atoms with Crippen LogP contribution in [-0.2, 0) is 9.59 Å². The minimum Gasteiger partial charge on any atom is -0.481 e. The van der Waals surface area contributed by atoms with Crippen molar-refractivity contribution in [3.8, 4) is 0 Å². The molecule has 0 bridgehead atoms. The number of hydrogen-bond donors (Lipinski definition) is 2. The Morgan fingerprint density at radius 3 is 2.39 bits per heavy atom. The van der Waals surface area contributed by atoms with E-state index in [1.807, 2.05) is 0 Å². The van der Waals surface area contributed by atoms with E-state index in [1.54, 1.807) is 24.3 Å². The first-order valence-electron chi connectivity index (χ1n) is 6.76. The van der Waals surface area contributed by atoms with E-state index in [1.165, 1.54) is 0 Å². The van der Waals surface area contributed by atoms with Crippen LogP contribution >= 0.6 is 15.9 Å². The zero-order valence-electron chi connectivity index (χ0n) is 12.6. The summed E-state index contributed by atoms with van der Waals surface area (Å²) in [7, 11) is 0. The van der Waals surface area contributed by atoms with Crippen LogP contribution < -0.4 is 5.32 Å². The zero-order valence-corrected chi connectivity index (χ0v) is 14.2. The second kappa shape index (κ2) is 7.33. The molecule has 0 fully saturated rings. The minimum absolute atomic E-state index is 0.422. The highest BCUT2D eigenvalue weighted by atomic mass is 79.9. The van der Waals surface area contributed by atoms with Gasteiger partial charge in [-0.05, 0) is 17.7 Å². The number of aliphatic carboxylic acids is 1. The van der Waals surface area contributed by atoms with E-state index >= 15 is 0 Å². The van der Waals surface area contributed by atoms with Crippen LogP contribution in [0.5, 0.6) is 0 Å². The van der Waals surface area contributed by atoms with Crippen molar-refractivity contribution in [2.75, 3.05) is 0 Å². The summed E-state index contributed by atoms with van der Waals surface area (Å²) < 4.78 is 39.2. The summed E-state index contributed by atoms with van der Waals surface area (Å²) in [6.45, 7) is 1.86. The molecule has 8 heteroatoms. The molecule has 0 radical (unpaired) electrons. The molecular weight excluding hydrogens is 379 g/mol. The minimum atomic E-state index is -4.53. The number of amides is 1. The number of rotatable bonds is 6. The lowest BCUT2D eigenvalue weighted by Crippen LogP contribution is -2.39. The standard InChI is InChI=1S/C15H17BrF3NO3/c1-14(2,15(17,18)19)8-12(21)20-11(7-13(22)23)9-4-3-5-10(16)6-9/h3-6,11H,7-8H2,1-2H3,(H,20,21)(H,22,23). The lowest BCUT2D eigenvalue weighted by atomic mass is 9.88. The van der Waals surface area contributed by atoms with Crippen molar-refractivity contribution in [2.45, 2.75) is 38.9 Å². The molecule has 128 valence electrons. The molecule has 1 amide bonds. The van der Waals surface area contributed by atoms with Crippen molar-refractivity contribution >= 4 is 27.8 Å². The second-order valence-corrected chi connectivity index (χ2v) is 6.75. The maximum absolute atomic E-state index is 12.8. The van der Waals surface area contributed by atoms with E-state index < -0.39 is 42.4 Å². The van der Waals surface area contributed by atoms with E-state index in [0.29, 0.717) is 10.0 Å². The molecule has 0 aliphatic carbocycles. The molecule has 0 heterocycles. The maximum atomic E-state index is 12.8. The summed E-state index contributed by atoms with van der Waals surface area (Å²) >= 11 is 3.23. The Morgan fingerprint density at radius 1 is 1.30 bits per heavy atom. The summed E-state index contributed by atoms with van der Waals surface area (Å²) in [5.74, 6) is -2.01. The van der Waals surface area contributed by atoms with Crippen LogP contribution in [0, 0.1) is 5.41 Å². The largest absolute Gasteiger partial charge is 0.481 e. The van der Waals surface area contributed by atoms with Gasteiger partial charge in [0.15, 0.2) is 0 Å². The predicted octanol–water partition coefficient (Wildman–Crippen LogP) is 4.06. The molecule has 0 aliphatic rings. The average Bonchev–Trinajstić information content (AvgIpc) is 2.35. The summed E-state index contributed by atoms with van der Waals surface area (Å²) in [6, 6.07) is 5.69. The number of halogens is 4. The Hall–Kier alpha value is -1.57. The molecule has 0 spiro atoms. The fraction of sp³-hybridized carbons (Fsp3) is 0.467. The van der Waals surface area contributed by atoms with Crippen molar-refractivity contribution in [3.05, 3.63) is 34.3 Å². The molecule has 2 N–H and O–H groups in total. The first-order chi connectivity index (χ1) is 10.4. The van der Waals surface area contributed by atoms with Gasteiger partial charge < -0.3 is 10.4 Å². The van der Waals surface area contributed by atoms with Gasteiger partial charge in [0.1, 0.15) is 0 Å². The first-order valence-corrected chi connectivity index (χ1v) is 7.55. The zero-order chi connectivity index (χ0) is 17.8. The van der Waals surface area contributed by atoms with Gasteiger partial charge in [-0.2, -0.15) is 13.2 Å². The van der Waals surface area contributed by atoms with Crippen LogP contribution in [0.3, 0.4) is 0 Å². The third-order valence-electron chi connectivity index (χ3n) is 3.33. The molecule has 0 aromatic heterocycles. The Labute approximate surface area is 140 Å². The fourth-order valence-corrected chi connectivity index (χ4v) is 2.31. The molecule has 1 atom stereocenters. The highest BCUT2D eigenvalue weighted by molar-refractivity contribution is 9.10. The van der Waals surface area contributed by atoms with Gasteiger partial charge in [0.05, 0.1) is 17.9 Å². The Morgan fingerprint density at radius 2 is 1.91 bits per heavy atom. The van der Waals surface area contributed by atoms with Crippen LogP contribution in [-0.4, -0.2) is 23.2 Å². The van der Waals surface area contributed by atoms with Gasteiger partial charge in [0, 0.05) is 10.9 Å². The number of alkyl halides is 3. The second-order valence-electron chi connectivity index (χ2n) is 5.83. The van der Waals surface area contributed by atoms with Crippen LogP contribution in [0.25, 0.3) is 0 Å².